The summed E-state index contributed by atoms with van der Waals surface area (Å²) in [4.78, 5) is 5.34. The summed E-state index contributed by atoms with van der Waals surface area (Å²) in [5.41, 5.74) is 28.2. The van der Waals surface area contributed by atoms with Gasteiger partial charge >= 0.3 is 0 Å². The van der Waals surface area contributed by atoms with Crippen LogP contribution in [0.1, 0.15) is 140 Å². The van der Waals surface area contributed by atoms with Crippen LogP contribution in [-0.2, 0) is 27.1 Å². The van der Waals surface area contributed by atoms with Crippen LogP contribution in [-0.4, -0.2) is 6.71 Å². The average molecular weight is 863 g/mol. The molecule has 2 aliphatic carbocycles. The Morgan fingerprint density at radius 1 is 0.439 bits per heavy atom. The van der Waals surface area contributed by atoms with Crippen LogP contribution in [0.4, 0.5) is 34.1 Å². The lowest BCUT2D eigenvalue weighted by atomic mass is 9.31. The Balaban J connectivity index is 1.33. The number of aryl methyl sites for hydroxylation is 2. The van der Waals surface area contributed by atoms with E-state index in [-0.39, 0.29) is 33.8 Å². The Labute approximate surface area is 396 Å². The lowest BCUT2D eigenvalue weighted by Gasteiger charge is -2.48. The lowest BCUT2D eigenvalue weighted by molar-refractivity contribution is 0.332. The minimum atomic E-state index is -0.238. The molecule has 0 saturated heterocycles. The highest BCUT2D eigenvalue weighted by atomic mass is 15.2. The average Bonchev–Trinajstić information content (AvgIpc) is 3.50. The van der Waals surface area contributed by atoms with Gasteiger partial charge < -0.3 is 9.80 Å². The van der Waals surface area contributed by atoms with Crippen molar-refractivity contribution in [3.05, 3.63) is 172 Å². The maximum absolute atomic E-state index is 2.71. The molecular formula is C63H67BN2. The van der Waals surface area contributed by atoms with Gasteiger partial charge in [0.25, 0.3) is 6.71 Å². The van der Waals surface area contributed by atoms with Gasteiger partial charge in [0.1, 0.15) is 0 Å². The van der Waals surface area contributed by atoms with Crippen LogP contribution in [0.25, 0.3) is 22.3 Å². The van der Waals surface area contributed by atoms with E-state index < -0.39 is 0 Å². The van der Waals surface area contributed by atoms with E-state index in [4.69, 9.17) is 0 Å². The molecule has 11 rings (SSSR count). The van der Waals surface area contributed by atoms with Gasteiger partial charge in [-0.05, 0) is 168 Å². The van der Waals surface area contributed by atoms with Gasteiger partial charge in [-0.2, -0.15) is 0 Å². The van der Waals surface area contributed by atoms with Crippen molar-refractivity contribution < 1.29 is 0 Å². The largest absolute Gasteiger partial charge is 0.311 e. The summed E-state index contributed by atoms with van der Waals surface area (Å²) in [7, 11) is 0. The molecule has 0 spiro atoms. The van der Waals surface area contributed by atoms with Crippen LogP contribution in [0.15, 0.2) is 127 Å². The molecule has 332 valence electrons. The first kappa shape index (κ1) is 42.8. The first-order chi connectivity index (χ1) is 31.1. The highest BCUT2D eigenvalue weighted by Crippen LogP contribution is 2.55. The zero-order chi connectivity index (χ0) is 46.6. The molecule has 4 aliphatic rings. The minimum absolute atomic E-state index is 0.00717. The summed E-state index contributed by atoms with van der Waals surface area (Å²) in [5.74, 6) is 0. The van der Waals surface area contributed by atoms with Crippen LogP contribution >= 0.6 is 0 Å². The molecule has 3 heteroatoms. The van der Waals surface area contributed by atoms with Crippen molar-refractivity contribution in [2.45, 2.75) is 137 Å². The van der Waals surface area contributed by atoms with E-state index in [0.717, 1.165) is 6.42 Å². The molecule has 0 unspecified atom stereocenters. The Kier molecular flexibility index (Phi) is 9.16. The van der Waals surface area contributed by atoms with E-state index in [1.54, 1.807) is 0 Å². The summed E-state index contributed by atoms with van der Waals surface area (Å²) in [6.45, 7) is 33.6. The fraction of sp³-hybridized carbons (Fsp3) is 0.333. The molecule has 0 N–H and O–H groups in total. The molecule has 7 aromatic rings. The van der Waals surface area contributed by atoms with Crippen molar-refractivity contribution in [3.63, 3.8) is 0 Å². The second kappa shape index (κ2) is 14.1. The number of hydrogen-bond acceptors (Lipinski definition) is 2. The van der Waals surface area contributed by atoms with E-state index >= 15 is 0 Å². The molecule has 2 heterocycles. The number of fused-ring (bicyclic) bond motifs is 9. The van der Waals surface area contributed by atoms with Gasteiger partial charge in [-0.25, -0.2) is 0 Å². The third-order valence-corrected chi connectivity index (χ3v) is 16.5. The number of hydrogen-bond donors (Lipinski definition) is 0. The number of nitrogens with zero attached hydrogens (tertiary/aromatic N) is 2. The van der Waals surface area contributed by atoms with Crippen LogP contribution in [0.2, 0.25) is 0 Å². The van der Waals surface area contributed by atoms with Gasteiger partial charge in [0, 0.05) is 39.5 Å². The minimum Gasteiger partial charge on any atom is -0.311 e. The van der Waals surface area contributed by atoms with Crippen molar-refractivity contribution in [2.75, 3.05) is 9.80 Å². The van der Waals surface area contributed by atoms with Crippen molar-refractivity contribution in [3.8, 4) is 22.3 Å². The SMILES string of the molecule is Cc1cc(C(C)(C)C)ccc1N1c2cc3c(cc2B2c4c1cc(-c1ccccc1)cc4N(c1ccccc1C)c1ccc4c(c12)C(C)(C)c1ccc(C(C)(C)C)cc1-4)C(C)(C)CCC3(C)C. The maximum atomic E-state index is 2.71. The number of benzene rings is 7. The van der Waals surface area contributed by atoms with Crippen molar-refractivity contribution in [2.24, 2.45) is 0 Å². The van der Waals surface area contributed by atoms with Crippen molar-refractivity contribution in [1.82, 2.24) is 0 Å². The molecule has 0 amide bonds. The molecule has 66 heavy (non-hydrogen) atoms. The fourth-order valence-corrected chi connectivity index (χ4v) is 12.5. The van der Waals surface area contributed by atoms with E-state index in [1.165, 1.54) is 124 Å². The third kappa shape index (κ3) is 6.20. The molecule has 0 atom stereocenters. The van der Waals surface area contributed by atoms with Gasteiger partial charge in [-0.15, -0.1) is 0 Å². The molecule has 0 fully saturated rings. The van der Waals surface area contributed by atoms with Gasteiger partial charge in [0.15, 0.2) is 0 Å². The molecule has 2 aliphatic heterocycles. The third-order valence-electron chi connectivity index (χ3n) is 16.5. The van der Waals surface area contributed by atoms with Gasteiger partial charge in [-0.1, -0.05) is 174 Å². The van der Waals surface area contributed by atoms with Crippen molar-refractivity contribution in [1.29, 1.82) is 0 Å². The zero-order valence-electron chi connectivity index (χ0n) is 42.0. The van der Waals surface area contributed by atoms with E-state index in [9.17, 15) is 0 Å². The van der Waals surface area contributed by atoms with Gasteiger partial charge in [0.2, 0.25) is 0 Å². The van der Waals surface area contributed by atoms with Crippen LogP contribution in [0.3, 0.4) is 0 Å². The molecule has 0 radical (unpaired) electrons. The monoisotopic (exact) mass is 863 g/mol. The second-order valence-electron chi connectivity index (χ2n) is 24.2. The maximum Gasteiger partial charge on any atom is 0.252 e. The summed E-state index contributed by atoms with van der Waals surface area (Å²) >= 11 is 0. The first-order valence-corrected chi connectivity index (χ1v) is 24.6. The summed E-state index contributed by atoms with van der Waals surface area (Å²) in [6.07, 6.45) is 2.33. The normalized spacial score (nSPS) is 17.1. The smallest absolute Gasteiger partial charge is 0.252 e. The summed E-state index contributed by atoms with van der Waals surface area (Å²) in [6, 6.07) is 50.1. The Morgan fingerprint density at radius 2 is 1.00 bits per heavy atom. The van der Waals surface area contributed by atoms with Crippen LogP contribution < -0.4 is 26.2 Å². The van der Waals surface area contributed by atoms with Crippen LogP contribution in [0, 0.1) is 13.8 Å². The predicted octanol–water partition coefficient (Wildman–Crippen LogP) is 15.3. The van der Waals surface area contributed by atoms with E-state index in [0.29, 0.717) is 0 Å². The molecular weight excluding hydrogens is 796 g/mol. The predicted molar refractivity (Wildman–Crippen MR) is 286 cm³/mol. The number of para-hydroxylation sites is 1. The molecule has 2 nitrogen and oxygen atoms in total. The fourth-order valence-electron chi connectivity index (χ4n) is 12.5. The lowest BCUT2D eigenvalue weighted by Crippen LogP contribution is -2.63. The summed E-state index contributed by atoms with van der Waals surface area (Å²) < 4.78 is 0. The molecule has 0 aromatic heterocycles. The van der Waals surface area contributed by atoms with Crippen molar-refractivity contribution >= 4 is 57.2 Å². The Bertz CT molecular complexity index is 3170. The zero-order valence-corrected chi connectivity index (χ0v) is 42.0. The number of rotatable bonds is 3. The highest BCUT2D eigenvalue weighted by Gasteiger charge is 2.51. The first-order valence-electron chi connectivity index (χ1n) is 24.6. The quantitative estimate of drug-likeness (QED) is 0.163. The topological polar surface area (TPSA) is 6.48 Å². The molecule has 0 saturated carbocycles. The standard InChI is InChI=1S/C63H67BN2/c1-38-20-18-19-23-50(38)65-52-29-26-44-45-35-43(60(6,7)8)24-27-46(45)63(13,14)56(44)58(52)64-49-36-47-48(62(11,12)31-30-61(47,9)10)37-53(49)66(51-28-25-42(32-39(51)2)59(3,4)5)55-34-41(33-54(65)57(55)64)40-21-16-15-17-22-40/h15-29,32-37H,30-31H2,1-14H3. The van der Waals surface area contributed by atoms with Gasteiger partial charge in [-0.3, -0.25) is 0 Å². The highest BCUT2D eigenvalue weighted by molar-refractivity contribution is 7.00. The van der Waals surface area contributed by atoms with Gasteiger partial charge in [0.05, 0.1) is 0 Å². The van der Waals surface area contributed by atoms with Crippen LogP contribution in [0.5, 0.6) is 0 Å². The Hall–Kier alpha value is -5.80. The Morgan fingerprint density at radius 3 is 1.64 bits per heavy atom. The second-order valence-corrected chi connectivity index (χ2v) is 24.2. The molecule has 0 bridgehead atoms. The van der Waals surface area contributed by atoms with E-state index in [2.05, 4.69) is 234 Å². The summed E-state index contributed by atoms with van der Waals surface area (Å²) in [5, 5.41) is 0. The molecule has 7 aromatic carbocycles. The number of anilines is 6. The van der Waals surface area contributed by atoms with E-state index in [1.807, 2.05) is 0 Å².